The van der Waals surface area contributed by atoms with Crippen molar-refractivity contribution in [1.82, 2.24) is 0 Å². The minimum atomic E-state index is -1.14. The molecule has 0 aromatic carbocycles. The molecule has 0 bridgehead atoms. The summed E-state index contributed by atoms with van der Waals surface area (Å²) in [6.07, 6.45) is 0. The Bertz CT molecular complexity index is 87.3. The molecule has 0 aromatic heterocycles. The molecular formula is C10H30O2Si2. The Morgan fingerprint density at radius 1 is 1.07 bits per heavy atom. The van der Waals surface area contributed by atoms with E-state index in [1.807, 2.05) is 13.1 Å². The van der Waals surface area contributed by atoms with Crippen LogP contribution in [0.5, 0.6) is 0 Å². The van der Waals surface area contributed by atoms with E-state index in [1.54, 1.807) is 7.11 Å². The molecule has 4 heteroatoms. The van der Waals surface area contributed by atoms with Crippen LogP contribution in [0.4, 0.5) is 0 Å². The van der Waals surface area contributed by atoms with Crippen molar-refractivity contribution >= 4 is 17.4 Å². The molecule has 0 amide bonds. The van der Waals surface area contributed by atoms with Crippen LogP contribution in [0.1, 0.15) is 20.8 Å². The molecule has 0 radical (unpaired) electrons. The first-order chi connectivity index (χ1) is 6.02. The van der Waals surface area contributed by atoms with Gasteiger partial charge in [0.2, 0.25) is 0 Å². The van der Waals surface area contributed by atoms with Crippen LogP contribution in [-0.2, 0) is 4.43 Å². The molecule has 0 aliphatic carbocycles. The van der Waals surface area contributed by atoms with E-state index >= 15 is 0 Å². The van der Waals surface area contributed by atoms with Crippen LogP contribution in [0.2, 0.25) is 32.7 Å². The molecule has 0 aliphatic heterocycles. The fourth-order valence-electron chi connectivity index (χ4n) is 0. The standard InChI is InChI=1S/C4H12OSi.C4H10.C2H8OSi/c1-5-6(2,3)4;2*1-4(2)3/h1-4H3;4H,1-3H3;3-4H,1-2H3. The summed E-state index contributed by atoms with van der Waals surface area (Å²) in [5, 5.41) is 0. The molecule has 0 fully saturated rings. The van der Waals surface area contributed by atoms with E-state index in [9.17, 15) is 0 Å². The summed E-state index contributed by atoms with van der Waals surface area (Å²) in [6, 6.07) is 0. The van der Waals surface area contributed by atoms with E-state index in [0.717, 1.165) is 5.92 Å². The third-order valence-electron chi connectivity index (χ3n) is 0.612. The first-order valence-corrected chi connectivity index (χ1v) is 11.5. The summed E-state index contributed by atoms with van der Waals surface area (Å²) in [5.41, 5.74) is 0. The number of hydrogen-bond acceptors (Lipinski definition) is 2. The molecule has 2 nitrogen and oxygen atoms in total. The molecule has 0 aliphatic rings. The average Bonchev–Trinajstić information content (AvgIpc) is 1.83. The Balaban J connectivity index is -0.000000135. The summed E-state index contributed by atoms with van der Waals surface area (Å²) >= 11 is 0. The highest BCUT2D eigenvalue weighted by Gasteiger charge is 2.09. The quantitative estimate of drug-likeness (QED) is 0.712. The lowest BCUT2D eigenvalue weighted by molar-refractivity contribution is 0.411. The molecule has 0 heterocycles. The van der Waals surface area contributed by atoms with Gasteiger partial charge in [0.15, 0.2) is 17.4 Å². The second-order valence-electron chi connectivity index (χ2n) is 5.14. The van der Waals surface area contributed by atoms with Crippen molar-refractivity contribution in [1.29, 1.82) is 0 Å². The second kappa shape index (κ2) is 11.4. The van der Waals surface area contributed by atoms with Gasteiger partial charge in [0.25, 0.3) is 0 Å². The zero-order valence-corrected chi connectivity index (χ0v) is 13.7. The number of rotatable bonds is 1. The molecule has 0 spiro atoms. The van der Waals surface area contributed by atoms with Gasteiger partial charge in [-0.05, 0) is 38.7 Å². The van der Waals surface area contributed by atoms with Gasteiger partial charge in [0.05, 0.1) is 0 Å². The lowest BCUT2D eigenvalue weighted by atomic mass is 10.3. The van der Waals surface area contributed by atoms with Crippen LogP contribution >= 0.6 is 0 Å². The van der Waals surface area contributed by atoms with Gasteiger partial charge in [0.1, 0.15) is 0 Å². The minimum Gasteiger partial charge on any atom is -0.435 e. The topological polar surface area (TPSA) is 29.5 Å². The maximum Gasteiger partial charge on any atom is 0.183 e. The highest BCUT2D eigenvalue weighted by molar-refractivity contribution is 6.69. The van der Waals surface area contributed by atoms with Crippen LogP contribution in [0.15, 0.2) is 0 Å². The predicted molar refractivity (Wildman–Crippen MR) is 72.0 cm³/mol. The highest BCUT2D eigenvalue weighted by atomic mass is 28.4. The maximum atomic E-state index is 8.19. The van der Waals surface area contributed by atoms with E-state index in [-0.39, 0.29) is 0 Å². The van der Waals surface area contributed by atoms with E-state index in [4.69, 9.17) is 9.22 Å². The predicted octanol–water partition coefficient (Wildman–Crippen LogP) is 3.09. The van der Waals surface area contributed by atoms with Crippen LogP contribution < -0.4 is 0 Å². The van der Waals surface area contributed by atoms with E-state index < -0.39 is 17.4 Å². The van der Waals surface area contributed by atoms with Crippen molar-refractivity contribution in [3.63, 3.8) is 0 Å². The van der Waals surface area contributed by atoms with E-state index in [1.165, 1.54) is 0 Å². The van der Waals surface area contributed by atoms with E-state index in [2.05, 4.69) is 40.4 Å². The van der Waals surface area contributed by atoms with Crippen molar-refractivity contribution in [3.8, 4) is 0 Å². The monoisotopic (exact) mass is 238 g/mol. The third kappa shape index (κ3) is 142. The average molecular weight is 239 g/mol. The van der Waals surface area contributed by atoms with Crippen LogP contribution in [0.3, 0.4) is 0 Å². The Labute approximate surface area is 93.5 Å². The van der Waals surface area contributed by atoms with Crippen molar-refractivity contribution in [3.05, 3.63) is 0 Å². The highest BCUT2D eigenvalue weighted by Crippen LogP contribution is 1.97. The second-order valence-corrected chi connectivity index (χ2v) is 12.0. The summed E-state index contributed by atoms with van der Waals surface area (Å²) in [7, 11) is -0.500. The third-order valence-corrected chi connectivity index (χ3v) is 1.84. The summed E-state index contributed by atoms with van der Waals surface area (Å²) in [6.45, 7) is 16.7. The SMILES string of the molecule is CC(C)C.CO[Si](C)(C)C.C[SiH](C)O. The molecule has 0 saturated carbocycles. The summed E-state index contributed by atoms with van der Waals surface area (Å²) < 4.78 is 5.08. The van der Waals surface area contributed by atoms with Crippen molar-refractivity contribution < 1.29 is 9.22 Å². The van der Waals surface area contributed by atoms with Gasteiger partial charge in [-0.15, -0.1) is 0 Å². The maximum absolute atomic E-state index is 8.19. The fourth-order valence-corrected chi connectivity index (χ4v) is 0. The molecule has 0 unspecified atom stereocenters. The van der Waals surface area contributed by atoms with Gasteiger partial charge in [-0.2, -0.15) is 0 Å². The molecule has 14 heavy (non-hydrogen) atoms. The van der Waals surface area contributed by atoms with Crippen molar-refractivity contribution in [2.45, 2.75) is 53.5 Å². The van der Waals surface area contributed by atoms with Gasteiger partial charge in [0, 0.05) is 7.11 Å². The normalized spacial score (nSPS) is 10.3. The largest absolute Gasteiger partial charge is 0.435 e. The fraction of sp³-hybridized carbons (Fsp3) is 1.00. The van der Waals surface area contributed by atoms with Crippen LogP contribution in [-0.4, -0.2) is 29.3 Å². The van der Waals surface area contributed by atoms with Crippen molar-refractivity contribution in [2.24, 2.45) is 5.92 Å². The zero-order chi connectivity index (χ0) is 12.4. The Kier molecular flexibility index (Phi) is 16.2. The Morgan fingerprint density at radius 2 is 1.14 bits per heavy atom. The van der Waals surface area contributed by atoms with Crippen LogP contribution in [0.25, 0.3) is 0 Å². The smallest absolute Gasteiger partial charge is 0.183 e. The Morgan fingerprint density at radius 3 is 1.14 bits per heavy atom. The van der Waals surface area contributed by atoms with Gasteiger partial charge in [-0.3, -0.25) is 0 Å². The molecule has 0 atom stereocenters. The van der Waals surface area contributed by atoms with Gasteiger partial charge in [-0.1, -0.05) is 20.8 Å². The lowest BCUT2D eigenvalue weighted by Crippen LogP contribution is -2.22. The van der Waals surface area contributed by atoms with Crippen molar-refractivity contribution in [2.75, 3.05) is 7.11 Å². The summed E-state index contributed by atoms with van der Waals surface area (Å²) in [5.74, 6) is 0.833. The van der Waals surface area contributed by atoms with E-state index in [0.29, 0.717) is 0 Å². The lowest BCUT2D eigenvalue weighted by Gasteiger charge is -2.10. The first-order valence-electron chi connectivity index (χ1n) is 5.26. The van der Waals surface area contributed by atoms with Gasteiger partial charge < -0.3 is 9.22 Å². The van der Waals surface area contributed by atoms with Crippen LogP contribution in [0, 0.1) is 5.92 Å². The molecule has 0 rings (SSSR count). The number of hydrogen-bond donors (Lipinski definition) is 1. The molecular weight excluding hydrogens is 208 g/mol. The first kappa shape index (κ1) is 19.9. The molecule has 0 aromatic rings. The Hall–Kier alpha value is 0.354. The van der Waals surface area contributed by atoms with Gasteiger partial charge >= 0.3 is 0 Å². The summed E-state index contributed by atoms with van der Waals surface area (Å²) in [4.78, 5) is 8.19. The molecule has 0 saturated heterocycles. The van der Waals surface area contributed by atoms with Gasteiger partial charge in [-0.25, -0.2) is 0 Å². The minimum absolute atomic E-state index is 0.833. The molecule has 90 valence electrons. The molecule has 1 N–H and O–H groups in total. The zero-order valence-electron chi connectivity index (χ0n) is 11.5.